The van der Waals surface area contributed by atoms with Gasteiger partial charge in [-0.2, -0.15) is 10.1 Å². The van der Waals surface area contributed by atoms with E-state index in [1.165, 1.54) is 44.9 Å². The van der Waals surface area contributed by atoms with Gasteiger partial charge in [0.25, 0.3) is 0 Å². The van der Waals surface area contributed by atoms with Crippen molar-refractivity contribution in [1.82, 2.24) is 20.5 Å². The molecule has 2 amide bonds. The van der Waals surface area contributed by atoms with E-state index in [-0.39, 0.29) is 17.4 Å². The van der Waals surface area contributed by atoms with Crippen molar-refractivity contribution < 1.29 is 9.59 Å². The molecule has 0 saturated heterocycles. The molecule has 4 aliphatic carbocycles. The molecule has 1 unspecified atom stereocenters. The normalized spacial score (nSPS) is 35.8. The maximum absolute atomic E-state index is 12.2. The Hall–Kier alpha value is -1.92. The van der Waals surface area contributed by atoms with E-state index in [0.29, 0.717) is 0 Å². The summed E-state index contributed by atoms with van der Waals surface area (Å²) in [6, 6.07) is 0.0314. The third-order valence-corrected chi connectivity index (χ3v) is 6.20. The average Bonchev–Trinajstić information content (AvgIpc) is 2.98. The van der Waals surface area contributed by atoms with Gasteiger partial charge in [-0.15, -0.1) is 0 Å². The minimum atomic E-state index is -0.696. The first-order chi connectivity index (χ1) is 11.0. The molecule has 4 fully saturated rings. The van der Waals surface area contributed by atoms with Crippen LogP contribution in [0.25, 0.3) is 0 Å². The number of hydrogen-bond acceptors (Lipinski definition) is 4. The predicted molar refractivity (Wildman–Crippen MR) is 83.2 cm³/mol. The lowest BCUT2D eigenvalue weighted by Crippen LogP contribution is -2.57. The molecular formula is C16H23N5O2. The van der Waals surface area contributed by atoms with Crippen molar-refractivity contribution in [2.45, 2.75) is 51.5 Å². The molecule has 124 valence electrons. The van der Waals surface area contributed by atoms with Crippen LogP contribution in [-0.4, -0.2) is 33.0 Å². The number of amides is 2. The third kappa shape index (κ3) is 2.62. The summed E-state index contributed by atoms with van der Waals surface area (Å²) in [6.07, 6.45) is 8.98. The molecule has 1 heterocycles. The summed E-state index contributed by atoms with van der Waals surface area (Å²) >= 11 is 0. The smallest absolute Gasteiger partial charge is 0.316 e. The second-order valence-corrected chi connectivity index (χ2v) is 7.76. The maximum atomic E-state index is 12.2. The van der Waals surface area contributed by atoms with Crippen molar-refractivity contribution in [2.24, 2.45) is 23.2 Å². The van der Waals surface area contributed by atoms with Gasteiger partial charge >= 0.3 is 11.8 Å². The molecule has 0 aliphatic heterocycles. The molecule has 4 saturated carbocycles. The Kier molecular flexibility index (Phi) is 3.39. The summed E-state index contributed by atoms with van der Waals surface area (Å²) in [5.74, 6) is 1.37. The number of H-pyrrole nitrogens is 1. The van der Waals surface area contributed by atoms with Crippen molar-refractivity contribution in [3.8, 4) is 0 Å². The third-order valence-electron chi connectivity index (χ3n) is 6.20. The van der Waals surface area contributed by atoms with Crippen LogP contribution >= 0.6 is 0 Å². The largest absolute Gasteiger partial charge is 0.345 e. The van der Waals surface area contributed by atoms with E-state index in [1.807, 2.05) is 0 Å². The summed E-state index contributed by atoms with van der Waals surface area (Å²) in [6.45, 7) is 2.06. The van der Waals surface area contributed by atoms with Crippen LogP contribution in [0.5, 0.6) is 0 Å². The van der Waals surface area contributed by atoms with Crippen LogP contribution in [0.2, 0.25) is 0 Å². The van der Waals surface area contributed by atoms with Crippen molar-refractivity contribution in [3.63, 3.8) is 0 Å². The number of nitrogens with one attached hydrogen (secondary N) is 3. The summed E-state index contributed by atoms with van der Waals surface area (Å²) in [7, 11) is 0. The van der Waals surface area contributed by atoms with Gasteiger partial charge in [0.2, 0.25) is 5.95 Å². The Morgan fingerprint density at radius 2 is 1.78 bits per heavy atom. The molecule has 3 N–H and O–H groups in total. The zero-order chi connectivity index (χ0) is 16.0. The molecule has 1 atom stereocenters. The Morgan fingerprint density at radius 3 is 2.30 bits per heavy atom. The minimum Gasteiger partial charge on any atom is -0.345 e. The van der Waals surface area contributed by atoms with Gasteiger partial charge < -0.3 is 5.32 Å². The van der Waals surface area contributed by atoms with E-state index in [0.717, 1.165) is 17.8 Å². The zero-order valence-electron chi connectivity index (χ0n) is 13.3. The van der Waals surface area contributed by atoms with Gasteiger partial charge in [-0.25, -0.2) is 5.10 Å². The quantitative estimate of drug-likeness (QED) is 0.735. The van der Waals surface area contributed by atoms with E-state index in [4.69, 9.17) is 0 Å². The van der Waals surface area contributed by atoms with Gasteiger partial charge in [0.1, 0.15) is 6.33 Å². The standard InChI is InChI=1S/C16H23N5O2/c1-9(19-13(22)14(23)20-15-17-8-18-21-15)16-5-10-2-11(6-16)4-12(3-10)7-16/h8-12H,2-7H2,1H3,(H,19,22)(H2,17,18,20,21,23). The van der Waals surface area contributed by atoms with Crippen LogP contribution in [0.15, 0.2) is 6.33 Å². The number of aromatic nitrogens is 3. The fourth-order valence-electron chi connectivity index (χ4n) is 5.55. The predicted octanol–water partition coefficient (Wildman–Crippen LogP) is 1.46. The lowest BCUT2D eigenvalue weighted by atomic mass is 9.48. The molecule has 0 spiro atoms. The van der Waals surface area contributed by atoms with Gasteiger partial charge in [0, 0.05) is 6.04 Å². The van der Waals surface area contributed by atoms with Crippen molar-refractivity contribution in [3.05, 3.63) is 6.33 Å². The molecule has 1 aromatic heterocycles. The van der Waals surface area contributed by atoms with E-state index in [9.17, 15) is 9.59 Å². The molecule has 23 heavy (non-hydrogen) atoms. The summed E-state index contributed by atoms with van der Waals surface area (Å²) < 4.78 is 0. The number of rotatable bonds is 3. The molecule has 7 heteroatoms. The highest BCUT2D eigenvalue weighted by Gasteiger charge is 2.53. The second kappa shape index (κ2) is 5.32. The number of anilines is 1. The topological polar surface area (TPSA) is 99.8 Å². The maximum Gasteiger partial charge on any atom is 0.316 e. The molecule has 4 aliphatic rings. The van der Waals surface area contributed by atoms with E-state index in [2.05, 4.69) is 32.7 Å². The van der Waals surface area contributed by atoms with E-state index in [1.54, 1.807) is 0 Å². The van der Waals surface area contributed by atoms with Crippen LogP contribution < -0.4 is 10.6 Å². The highest BCUT2D eigenvalue weighted by molar-refractivity contribution is 6.39. The SMILES string of the molecule is CC(NC(=O)C(=O)Nc1ncn[nH]1)C12CC3CC(CC(C3)C1)C2. The van der Waals surface area contributed by atoms with Crippen LogP contribution in [0.1, 0.15) is 45.4 Å². The number of nitrogens with zero attached hydrogens (tertiary/aromatic N) is 2. The minimum absolute atomic E-state index is 0.0314. The molecule has 0 aromatic carbocycles. The Bertz CT molecular complexity index is 577. The fourth-order valence-corrected chi connectivity index (χ4v) is 5.55. The highest BCUT2D eigenvalue weighted by atomic mass is 16.2. The summed E-state index contributed by atoms with van der Waals surface area (Å²) in [5.41, 5.74) is 0.191. The number of aromatic amines is 1. The van der Waals surface area contributed by atoms with Crippen LogP contribution in [0.3, 0.4) is 0 Å². The monoisotopic (exact) mass is 317 g/mol. The Balaban J connectivity index is 1.40. The number of carbonyl (C=O) groups excluding carboxylic acids is 2. The summed E-state index contributed by atoms with van der Waals surface area (Å²) in [5, 5.41) is 11.5. The molecule has 0 radical (unpaired) electrons. The van der Waals surface area contributed by atoms with Gasteiger partial charge in [0.15, 0.2) is 0 Å². The zero-order valence-corrected chi connectivity index (χ0v) is 13.3. The van der Waals surface area contributed by atoms with Crippen molar-refractivity contribution in [1.29, 1.82) is 0 Å². The average molecular weight is 317 g/mol. The molecule has 7 nitrogen and oxygen atoms in total. The Morgan fingerprint density at radius 1 is 1.17 bits per heavy atom. The molecule has 4 bridgehead atoms. The van der Waals surface area contributed by atoms with Crippen molar-refractivity contribution in [2.75, 3.05) is 5.32 Å². The van der Waals surface area contributed by atoms with Gasteiger partial charge in [-0.1, -0.05) is 0 Å². The first-order valence-electron chi connectivity index (χ1n) is 8.51. The molecule has 1 aromatic rings. The van der Waals surface area contributed by atoms with Gasteiger partial charge in [-0.05, 0) is 68.6 Å². The van der Waals surface area contributed by atoms with E-state index < -0.39 is 11.8 Å². The van der Waals surface area contributed by atoms with Crippen molar-refractivity contribution >= 4 is 17.8 Å². The number of hydrogen-bond donors (Lipinski definition) is 3. The van der Waals surface area contributed by atoms with E-state index >= 15 is 0 Å². The first-order valence-corrected chi connectivity index (χ1v) is 8.51. The van der Waals surface area contributed by atoms with Crippen LogP contribution in [0.4, 0.5) is 5.95 Å². The van der Waals surface area contributed by atoms with Gasteiger partial charge in [-0.3, -0.25) is 14.9 Å². The first kappa shape index (κ1) is 14.7. The van der Waals surface area contributed by atoms with Crippen LogP contribution in [0, 0.1) is 23.2 Å². The second-order valence-electron chi connectivity index (χ2n) is 7.76. The number of carbonyl (C=O) groups is 2. The lowest BCUT2D eigenvalue weighted by Gasteiger charge is -2.59. The van der Waals surface area contributed by atoms with Crippen LogP contribution in [-0.2, 0) is 9.59 Å². The molecule has 5 rings (SSSR count). The Labute approximate surface area is 135 Å². The lowest BCUT2D eigenvalue weighted by molar-refractivity contribution is -0.138. The highest BCUT2D eigenvalue weighted by Crippen LogP contribution is 2.61. The fraction of sp³-hybridized carbons (Fsp3) is 0.750. The van der Waals surface area contributed by atoms with Gasteiger partial charge in [0.05, 0.1) is 0 Å². The summed E-state index contributed by atoms with van der Waals surface area (Å²) in [4.78, 5) is 27.9. The molecular weight excluding hydrogens is 294 g/mol.